The summed E-state index contributed by atoms with van der Waals surface area (Å²) in [6.45, 7) is 0.690. The van der Waals surface area contributed by atoms with Gasteiger partial charge >= 0.3 is 0 Å². The van der Waals surface area contributed by atoms with E-state index in [1.54, 1.807) is 21.7 Å². The van der Waals surface area contributed by atoms with Gasteiger partial charge in [0.2, 0.25) is 0 Å². The summed E-state index contributed by atoms with van der Waals surface area (Å²) in [4.78, 5) is 12.5. The lowest BCUT2D eigenvalue weighted by Gasteiger charge is -2.15. The molecule has 0 atom stereocenters. The molecule has 0 saturated carbocycles. The van der Waals surface area contributed by atoms with Gasteiger partial charge in [0.15, 0.2) is 6.29 Å². The number of hydrogen-bond donors (Lipinski definition) is 0. The number of halogens is 2. The SMILES string of the molecule is O=Cc1cnn2cc(CN3CCC(F)(F)C3)ccc12. The molecule has 1 fully saturated rings. The highest BCUT2D eigenvalue weighted by molar-refractivity contribution is 5.85. The molecule has 0 N–H and O–H groups in total. The van der Waals surface area contributed by atoms with Gasteiger partial charge < -0.3 is 0 Å². The van der Waals surface area contributed by atoms with E-state index in [2.05, 4.69) is 5.10 Å². The quantitative estimate of drug-likeness (QED) is 0.796. The van der Waals surface area contributed by atoms with E-state index >= 15 is 0 Å². The lowest BCUT2D eigenvalue weighted by molar-refractivity contribution is 0.0115. The summed E-state index contributed by atoms with van der Waals surface area (Å²) in [7, 11) is 0. The molecule has 2 aromatic heterocycles. The lowest BCUT2D eigenvalue weighted by atomic mass is 10.2. The van der Waals surface area contributed by atoms with E-state index < -0.39 is 5.92 Å². The van der Waals surface area contributed by atoms with Crippen molar-refractivity contribution < 1.29 is 13.6 Å². The number of carbonyl (C=O) groups is 1. The molecular formula is C13H13F2N3O. The number of fused-ring (bicyclic) bond motifs is 1. The number of pyridine rings is 1. The lowest BCUT2D eigenvalue weighted by Crippen LogP contribution is -2.24. The van der Waals surface area contributed by atoms with Crippen LogP contribution in [0.2, 0.25) is 0 Å². The third-order valence-corrected chi connectivity index (χ3v) is 3.39. The minimum Gasteiger partial charge on any atom is -0.298 e. The van der Waals surface area contributed by atoms with Crippen molar-refractivity contribution in [2.45, 2.75) is 18.9 Å². The number of rotatable bonds is 3. The maximum Gasteiger partial charge on any atom is 0.261 e. The Labute approximate surface area is 108 Å². The Balaban J connectivity index is 1.80. The van der Waals surface area contributed by atoms with E-state index in [1.165, 1.54) is 6.20 Å². The fraction of sp³-hybridized carbons (Fsp3) is 0.385. The smallest absolute Gasteiger partial charge is 0.261 e. The zero-order valence-corrected chi connectivity index (χ0v) is 10.2. The van der Waals surface area contributed by atoms with Gasteiger partial charge in [-0.25, -0.2) is 13.3 Å². The Morgan fingerprint density at radius 1 is 1.42 bits per heavy atom. The Morgan fingerprint density at radius 3 is 2.95 bits per heavy atom. The summed E-state index contributed by atoms with van der Waals surface area (Å²) >= 11 is 0. The Hall–Kier alpha value is -1.82. The molecule has 19 heavy (non-hydrogen) atoms. The van der Waals surface area contributed by atoms with E-state index in [0.29, 0.717) is 18.7 Å². The molecule has 0 bridgehead atoms. The van der Waals surface area contributed by atoms with Crippen LogP contribution in [0.3, 0.4) is 0 Å². The maximum absolute atomic E-state index is 13.1. The summed E-state index contributed by atoms with van der Waals surface area (Å²) in [5, 5.41) is 4.07. The van der Waals surface area contributed by atoms with Crippen molar-refractivity contribution in [2.75, 3.05) is 13.1 Å². The zero-order valence-electron chi connectivity index (χ0n) is 10.2. The summed E-state index contributed by atoms with van der Waals surface area (Å²) in [6.07, 6.45) is 3.95. The zero-order chi connectivity index (χ0) is 13.5. The highest BCUT2D eigenvalue weighted by Gasteiger charge is 2.37. The standard InChI is InChI=1S/C13H13F2N3O/c14-13(15)3-4-17(9-13)6-10-1-2-12-11(8-19)5-16-18(12)7-10/h1-2,5,7-8H,3-4,6,9H2. The average Bonchev–Trinajstić information content (AvgIpc) is 2.92. The van der Waals surface area contributed by atoms with Crippen LogP contribution in [0.1, 0.15) is 22.3 Å². The molecule has 0 spiro atoms. The van der Waals surface area contributed by atoms with Crippen LogP contribution in [0.15, 0.2) is 24.5 Å². The van der Waals surface area contributed by atoms with Crippen LogP contribution in [0.4, 0.5) is 8.78 Å². The third kappa shape index (κ3) is 2.35. The van der Waals surface area contributed by atoms with Crippen molar-refractivity contribution >= 4 is 11.8 Å². The largest absolute Gasteiger partial charge is 0.298 e. The molecule has 3 heterocycles. The van der Waals surface area contributed by atoms with Crippen molar-refractivity contribution in [3.05, 3.63) is 35.7 Å². The Kier molecular flexibility index (Phi) is 2.82. The molecule has 2 aromatic rings. The minimum atomic E-state index is -2.57. The molecule has 100 valence electrons. The Bertz CT molecular complexity index is 623. The van der Waals surface area contributed by atoms with Crippen LogP contribution in [0.5, 0.6) is 0 Å². The molecule has 3 rings (SSSR count). The second-order valence-corrected chi connectivity index (χ2v) is 4.90. The predicted octanol–water partition coefficient (Wildman–Crippen LogP) is 1.99. The van der Waals surface area contributed by atoms with Crippen molar-refractivity contribution in [1.82, 2.24) is 14.5 Å². The number of carbonyl (C=O) groups excluding carboxylic acids is 1. The van der Waals surface area contributed by atoms with Gasteiger partial charge in [0.25, 0.3) is 5.92 Å². The predicted molar refractivity (Wildman–Crippen MR) is 65.4 cm³/mol. The first-order valence-electron chi connectivity index (χ1n) is 6.09. The van der Waals surface area contributed by atoms with Crippen LogP contribution in [0, 0.1) is 0 Å². The van der Waals surface area contributed by atoms with E-state index in [1.807, 2.05) is 6.07 Å². The van der Waals surface area contributed by atoms with Crippen LogP contribution in [-0.4, -0.2) is 39.8 Å². The van der Waals surface area contributed by atoms with Gasteiger partial charge in [0.1, 0.15) is 0 Å². The fourth-order valence-electron chi connectivity index (χ4n) is 2.43. The molecule has 0 radical (unpaired) electrons. The number of alkyl halides is 2. The van der Waals surface area contributed by atoms with Gasteiger partial charge in [-0.05, 0) is 11.6 Å². The molecule has 0 aromatic carbocycles. The van der Waals surface area contributed by atoms with E-state index in [0.717, 1.165) is 17.4 Å². The van der Waals surface area contributed by atoms with Gasteiger partial charge in [-0.3, -0.25) is 9.69 Å². The monoisotopic (exact) mass is 265 g/mol. The van der Waals surface area contributed by atoms with Gasteiger partial charge in [0.05, 0.1) is 23.8 Å². The van der Waals surface area contributed by atoms with Gasteiger partial charge in [-0.15, -0.1) is 0 Å². The average molecular weight is 265 g/mol. The summed E-state index contributed by atoms with van der Waals surface area (Å²) in [5.74, 6) is -2.57. The molecule has 4 nitrogen and oxygen atoms in total. The van der Waals surface area contributed by atoms with Crippen molar-refractivity contribution in [3.63, 3.8) is 0 Å². The van der Waals surface area contributed by atoms with Crippen LogP contribution < -0.4 is 0 Å². The molecule has 1 aliphatic heterocycles. The summed E-state index contributed by atoms with van der Waals surface area (Å²) in [6, 6.07) is 3.64. The maximum atomic E-state index is 13.1. The fourth-order valence-corrected chi connectivity index (χ4v) is 2.43. The van der Waals surface area contributed by atoms with Crippen LogP contribution in [-0.2, 0) is 6.54 Å². The highest BCUT2D eigenvalue weighted by atomic mass is 19.3. The van der Waals surface area contributed by atoms with Gasteiger partial charge in [-0.1, -0.05) is 6.07 Å². The molecule has 0 unspecified atom stereocenters. The first-order chi connectivity index (χ1) is 9.07. The van der Waals surface area contributed by atoms with E-state index in [4.69, 9.17) is 0 Å². The summed E-state index contributed by atoms with van der Waals surface area (Å²) < 4.78 is 27.8. The number of aldehydes is 1. The second-order valence-electron chi connectivity index (χ2n) is 4.90. The molecule has 1 saturated heterocycles. The van der Waals surface area contributed by atoms with Gasteiger partial charge in [0, 0.05) is 25.7 Å². The second kappa shape index (κ2) is 4.38. The molecule has 1 aliphatic rings. The third-order valence-electron chi connectivity index (χ3n) is 3.39. The number of likely N-dealkylation sites (tertiary alicyclic amines) is 1. The molecule has 0 amide bonds. The minimum absolute atomic E-state index is 0.0771. The van der Waals surface area contributed by atoms with E-state index in [9.17, 15) is 13.6 Å². The highest BCUT2D eigenvalue weighted by Crippen LogP contribution is 2.27. The topological polar surface area (TPSA) is 37.6 Å². The van der Waals surface area contributed by atoms with Crippen molar-refractivity contribution in [2.24, 2.45) is 0 Å². The Morgan fingerprint density at radius 2 is 2.26 bits per heavy atom. The number of nitrogens with zero attached hydrogens (tertiary/aromatic N) is 3. The normalized spacial score (nSPS) is 19.1. The number of hydrogen-bond acceptors (Lipinski definition) is 3. The molecular weight excluding hydrogens is 252 g/mol. The van der Waals surface area contributed by atoms with E-state index in [-0.39, 0.29) is 13.0 Å². The molecule has 0 aliphatic carbocycles. The van der Waals surface area contributed by atoms with Crippen LogP contribution >= 0.6 is 0 Å². The van der Waals surface area contributed by atoms with Crippen LogP contribution in [0.25, 0.3) is 5.52 Å². The number of aromatic nitrogens is 2. The van der Waals surface area contributed by atoms with Gasteiger partial charge in [-0.2, -0.15) is 5.10 Å². The van der Waals surface area contributed by atoms with Crippen molar-refractivity contribution in [1.29, 1.82) is 0 Å². The summed E-state index contributed by atoms with van der Waals surface area (Å²) in [5.41, 5.74) is 2.16. The first kappa shape index (κ1) is 12.2. The van der Waals surface area contributed by atoms with Crippen molar-refractivity contribution in [3.8, 4) is 0 Å². The first-order valence-corrected chi connectivity index (χ1v) is 6.09. The molecule has 6 heteroatoms.